The van der Waals surface area contributed by atoms with Gasteiger partial charge in [-0.1, -0.05) is 0 Å². The van der Waals surface area contributed by atoms with Crippen molar-refractivity contribution < 1.29 is 10.6 Å². The van der Waals surface area contributed by atoms with Gasteiger partial charge in [0.15, 0.2) is 0 Å². The monoisotopic (exact) mass is 362 g/mol. The molecule has 0 spiro atoms. The van der Waals surface area contributed by atoms with Gasteiger partial charge in [0.2, 0.25) is 0 Å². The molecule has 2 aromatic carbocycles. The zero-order valence-corrected chi connectivity index (χ0v) is 12.2. The molecule has 0 saturated heterocycles. The van der Waals surface area contributed by atoms with Gasteiger partial charge in [-0.15, -0.1) is 0 Å². The molecular formula is C12H10O3Se2. The molecule has 5 heteroatoms. The van der Waals surface area contributed by atoms with Crippen molar-refractivity contribution >= 4 is 37.2 Å². The number of hydrogen-bond acceptors (Lipinski definition) is 3. The zero-order valence-electron chi connectivity index (χ0n) is 8.81. The fraction of sp³-hybridized carbons (Fsp3) is 0. The Balaban J connectivity index is 2.08. The van der Waals surface area contributed by atoms with Gasteiger partial charge >= 0.3 is 108 Å². The van der Waals surface area contributed by atoms with E-state index >= 15 is 0 Å². The molecule has 88 valence electrons. The molecule has 0 saturated carbocycles. The molecule has 0 radical (unpaired) electrons. The first kappa shape index (κ1) is 12.5. The van der Waals surface area contributed by atoms with E-state index in [1.54, 1.807) is 48.5 Å². The molecule has 0 aliphatic carbocycles. The molecule has 17 heavy (non-hydrogen) atoms. The molecule has 0 aliphatic rings. The third kappa shape index (κ3) is 3.50. The quantitative estimate of drug-likeness (QED) is 0.753. The molecule has 0 aromatic heterocycles. The summed E-state index contributed by atoms with van der Waals surface area (Å²) >= 11 is -5.31. The molecule has 0 unspecified atom stereocenters. The van der Waals surface area contributed by atoms with Crippen LogP contribution in [0.5, 0.6) is 0 Å². The summed E-state index contributed by atoms with van der Waals surface area (Å²) in [5.41, 5.74) is 0. The maximum atomic E-state index is 11.8. The Labute approximate surface area is 108 Å². The van der Waals surface area contributed by atoms with Crippen molar-refractivity contribution in [3.05, 3.63) is 60.7 Å². The average molecular weight is 360 g/mol. The standard InChI is InChI=1S/C12H10O3Se2/c13-16(11-7-3-1-4-8-11)15-17(14)12-9-5-2-6-10-12/h1-10H. The summed E-state index contributed by atoms with van der Waals surface area (Å²) in [7, 11) is 0. The first-order valence-electron chi connectivity index (χ1n) is 4.90. The van der Waals surface area contributed by atoms with Crippen LogP contribution in [-0.2, 0) is 10.6 Å². The second-order valence-electron chi connectivity index (χ2n) is 3.16. The van der Waals surface area contributed by atoms with E-state index in [2.05, 4.69) is 0 Å². The Kier molecular flexibility index (Phi) is 4.49. The summed E-state index contributed by atoms with van der Waals surface area (Å²) in [5, 5.41) is 0. The Hall–Kier alpha value is -0.961. The van der Waals surface area contributed by atoms with Gasteiger partial charge in [0.05, 0.1) is 0 Å². The van der Waals surface area contributed by atoms with Crippen LogP contribution in [0.3, 0.4) is 0 Å². The van der Waals surface area contributed by atoms with E-state index in [9.17, 15) is 7.67 Å². The Bertz CT molecular complexity index is 476. The van der Waals surface area contributed by atoms with Crippen LogP contribution in [-0.4, -0.2) is 28.3 Å². The summed E-state index contributed by atoms with van der Waals surface area (Å²) in [6, 6.07) is 17.7. The van der Waals surface area contributed by atoms with Crippen molar-refractivity contribution in [2.75, 3.05) is 0 Å². The minimum absolute atomic E-state index is 0.619. The predicted molar refractivity (Wildman–Crippen MR) is 66.1 cm³/mol. The van der Waals surface area contributed by atoms with Crippen molar-refractivity contribution in [1.82, 2.24) is 0 Å². The van der Waals surface area contributed by atoms with Gasteiger partial charge in [-0.05, 0) is 0 Å². The van der Waals surface area contributed by atoms with Crippen LogP contribution in [0.25, 0.3) is 0 Å². The van der Waals surface area contributed by atoms with E-state index in [1.165, 1.54) is 0 Å². The van der Waals surface area contributed by atoms with Crippen LogP contribution in [0.15, 0.2) is 60.7 Å². The van der Waals surface area contributed by atoms with Gasteiger partial charge in [0.1, 0.15) is 0 Å². The van der Waals surface area contributed by atoms with Crippen LogP contribution >= 0.6 is 0 Å². The molecule has 0 atom stereocenters. The van der Waals surface area contributed by atoms with Gasteiger partial charge < -0.3 is 0 Å². The summed E-state index contributed by atoms with van der Waals surface area (Å²) in [5.74, 6) is 0. The van der Waals surface area contributed by atoms with Crippen LogP contribution < -0.4 is 8.92 Å². The Morgan fingerprint density at radius 1 is 0.647 bits per heavy atom. The fourth-order valence-electron chi connectivity index (χ4n) is 1.20. The fourth-order valence-corrected chi connectivity index (χ4v) is 6.29. The summed E-state index contributed by atoms with van der Waals surface area (Å²) in [6.07, 6.45) is 0. The average Bonchev–Trinajstić information content (AvgIpc) is 2.40. The van der Waals surface area contributed by atoms with E-state index in [0.29, 0.717) is 8.92 Å². The van der Waals surface area contributed by atoms with Crippen molar-refractivity contribution in [3.8, 4) is 0 Å². The molecule has 0 aliphatic heterocycles. The van der Waals surface area contributed by atoms with Gasteiger partial charge in [-0.2, -0.15) is 0 Å². The van der Waals surface area contributed by atoms with Crippen molar-refractivity contribution in [1.29, 1.82) is 0 Å². The van der Waals surface area contributed by atoms with Crippen LogP contribution in [0.2, 0.25) is 0 Å². The number of benzene rings is 2. The van der Waals surface area contributed by atoms with Crippen molar-refractivity contribution in [2.24, 2.45) is 0 Å². The summed E-state index contributed by atoms with van der Waals surface area (Å²) in [6.45, 7) is 0. The van der Waals surface area contributed by atoms with Gasteiger partial charge in [0, 0.05) is 0 Å². The second-order valence-corrected chi connectivity index (χ2v) is 8.88. The number of hydrogen-bond donors (Lipinski definition) is 0. The number of rotatable bonds is 4. The van der Waals surface area contributed by atoms with Crippen molar-refractivity contribution in [3.63, 3.8) is 0 Å². The molecule has 0 amide bonds. The molecule has 2 rings (SSSR count). The first-order chi connectivity index (χ1) is 8.27. The van der Waals surface area contributed by atoms with Crippen LogP contribution in [0.1, 0.15) is 0 Å². The van der Waals surface area contributed by atoms with Crippen LogP contribution in [0.4, 0.5) is 0 Å². The zero-order chi connectivity index (χ0) is 12.1. The minimum atomic E-state index is -2.65. The van der Waals surface area contributed by atoms with Crippen LogP contribution in [0, 0.1) is 0 Å². The van der Waals surface area contributed by atoms with E-state index in [-0.39, 0.29) is 0 Å². The predicted octanol–water partition coefficient (Wildman–Crippen LogP) is 0.655. The summed E-state index contributed by atoms with van der Waals surface area (Å²) in [4.78, 5) is 0. The third-order valence-electron chi connectivity index (χ3n) is 1.99. The summed E-state index contributed by atoms with van der Waals surface area (Å²) < 4.78 is 30.1. The van der Waals surface area contributed by atoms with Gasteiger partial charge in [0.25, 0.3) is 0 Å². The second kappa shape index (κ2) is 6.10. The Morgan fingerprint density at radius 3 is 1.35 bits per heavy atom. The first-order valence-corrected chi connectivity index (χ1v) is 9.41. The van der Waals surface area contributed by atoms with E-state index < -0.39 is 28.3 Å². The molecule has 0 fully saturated rings. The van der Waals surface area contributed by atoms with E-state index in [1.807, 2.05) is 12.1 Å². The topological polar surface area (TPSA) is 43.4 Å². The molecule has 0 heterocycles. The maximum absolute atomic E-state index is 11.8. The Morgan fingerprint density at radius 2 is 1.00 bits per heavy atom. The van der Waals surface area contributed by atoms with Gasteiger partial charge in [-0.25, -0.2) is 0 Å². The van der Waals surface area contributed by atoms with Crippen molar-refractivity contribution in [2.45, 2.75) is 0 Å². The van der Waals surface area contributed by atoms with E-state index in [0.717, 1.165) is 0 Å². The molecule has 3 nitrogen and oxygen atoms in total. The molecule has 0 bridgehead atoms. The third-order valence-corrected chi connectivity index (χ3v) is 7.97. The molecule has 2 aromatic rings. The molecule has 0 N–H and O–H groups in total. The van der Waals surface area contributed by atoms with Gasteiger partial charge in [-0.3, -0.25) is 0 Å². The molecular weight excluding hydrogens is 350 g/mol. The normalized spacial score (nSPS) is 14.1. The SMILES string of the molecule is O=[Se](O[Se](=O)c1ccccc1)c1ccccc1. The van der Waals surface area contributed by atoms with E-state index in [4.69, 9.17) is 2.90 Å².